The summed E-state index contributed by atoms with van der Waals surface area (Å²) in [7, 11) is 1.46. The van der Waals surface area contributed by atoms with E-state index in [9.17, 15) is 14.0 Å². The zero-order valence-electron chi connectivity index (χ0n) is 15.5. The molecule has 0 radical (unpaired) electrons. The van der Waals surface area contributed by atoms with E-state index < -0.39 is 11.7 Å². The summed E-state index contributed by atoms with van der Waals surface area (Å²) in [6, 6.07) is 17.3. The van der Waals surface area contributed by atoms with E-state index >= 15 is 0 Å². The fourth-order valence-corrected chi connectivity index (χ4v) is 2.93. The van der Waals surface area contributed by atoms with Gasteiger partial charge in [0.05, 0.1) is 19.2 Å². The van der Waals surface area contributed by atoms with Crippen molar-refractivity contribution in [1.29, 1.82) is 0 Å². The third-order valence-electron chi connectivity index (χ3n) is 4.13. The SMILES string of the molecule is COc1ccc(NC(=O)Cc2ccccc2Cl)cc1NC(=O)c1cccc(F)c1. The lowest BCUT2D eigenvalue weighted by molar-refractivity contribution is -0.115. The largest absolute Gasteiger partial charge is 0.495 e. The number of rotatable bonds is 6. The second-order valence-corrected chi connectivity index (χ2v) is 6.60. The molecule has 0 aliphatic rings. The number of halogens is 2. The highest BCUT2D eigenvalue weighted by Gasteiger charge is 2.13. The van der Waals surface area contributed by atoms with Crippen LogP contribution in [0.1, 0.15) is 15.9 Å². The number of ether oxygens (including phenoxy) is 1. The zero-order valence-corrected chi connectivity index (χ0v) is 16.3. The summed E-state index contributed by atoms with van der Waals surface area (Å²) >= 11 is 6.09. The first kappa shape index (κ1) is 20.4. The van der Waals surface area contributed by atoms with Crippen molar-refractivity contribution >= 4 is 34.8 Å². The highest BCUT2D eigenvalue weighted by atomic mass is 35.5. The van der Waals surface area contributed by atoms with E-state index in [2.05, 4.69) is 10.6 Å². The summed E-state index contributed by atoms with van der Waals surface area (Å²) in [4.78, 5) is 24.8. The Labute approximate surface area is 172 Å². The summed E-state index contributed by atoms with van der Waals surface area (Å²) in [5.74, 6) is -0.864. The second kappa shape index (κ2) is 9.21. The van der Waals surface area contributed by atoms with Crippen molar-refractivity contribution in [3.8, 4) is 5.75 Å². The fourth-order valence-electron chi connectivity index (χ4n) is 2.73. The standard InChI is InChI=1S/C22H18ClFN2O3/c1-29-20-10-9-17(25-21(27)12-14-5-2-3-8-18(14)23)13-19(20)26-22(28)15-6-4-7-16(24)11-15/h2-11,13H,12H2,1H3,(H,25,27)(H,26,28). The molecule has 3 aromatic rings. The van der Waals surface area contributed by atoms with Gasteiger partial charge in [0.15, 0.2) is 0 Å². The number of hydrogen-bond acceptors (Lipinski definition) is 3. The van der Waals surface area contributed by atoms with Crippen LogP contribution < -0.4 is 15.4 Å². The van der Waals surface area contributed by atoms with Crippen LogP contribution in [-0.4, -0.2) is 18.9 Å². The first-order chi connectivity index (χ1) is 14.0. The molecule has 2 amide bonds. The molecule has 0 atom stereocenters. The predicted molar refractivity (Wildman–Crippen MR) is 111 cm³/mol. The Morgan fingerprint density at radius 2 is 1.79 bits per heavy atom. The van der Waals surface area contributed by atoms with Gasteiger partial charge in [0.25, 0.3) is 5.91 Å². The minimum atomic E-state index is -0.509. The summed E-state index contributed by atoms with van der Waals surface area (Å²) in [5, 5.41) is 5.96. The van der Waals surface area contributed by atoms with Gasteiger partial charge in [-0.1, -0.05) is 35.9 Å². The van der Waals surface area contributed by atoms with Gasteiger partial charge in [-0.25, -0.2) is 4.39 Å². The molecule has 0 fully saturated rings. The molecule has 5 nitrogen and oxygen atoms in total. The molecule has 3 rings (SSSR count). The Balaban J connectivity index is 1.75. The van der Waals surface area contributed by atoms with E-state index in [4.69, 9.17) is 16.3 Å². The molecule has 0 saturated heterocycles. The summed E-state index contributed by atoms with van der Waals surface area (Å²) in [6.45, 7) is 0. The number of carbonyl (C=O) groups excluding carboxylic acids is 2. The van der Waals surface area contributed by atoms with Gasteiger partial charge in [-0.05, 0) is 48.0 Å². The Hall–Kier alpha value is -3.38. The van der Waals surface area contributed by atoms with Crippen LogP contribution in [0.2, 0.25) is 5.02 Å². The monoisotopic (exact) mass is 412 g/mol. The first-order valence-electron chi connectivity index (χ1n) is 8.74. The van der Waals surface area contributed by atoms with E-state index in [-0.39, 0.29) is 17.9 Å². The summed E-state index contributed by atoms with van der Waals surface area (Å²) < 4.78 is 18.6. The van der Waals surface area contributed by atoms with Crippen LogP contribution in [-0.2, 0) is 11.2 Å². The third-order valence-corrected chi connectivity index (χ3v) is 4.50. The van der Waals surface area contributed by atoms with Crippen LogP contribution in [0.25, 0.3) is 0 Å². The van der Waals surface area contributed by atoms with Crippen molar-refractivity contribution < 1.29 is 18.7 Å². The fraction of sp³-hybridized carbons (Fsp3) is 0.0909. The quantitative estimate of drug-likeness (QED) is 0.603. The number of anilines is 2. The molecule has 0 aliphatic heterocycles. The van der Waals surface area contributed by atoms with Crippen molar-refractivity contribution in [2.24, 2.45) is 0 Å². The Morgan fingerprint density at radius 3 is 2.52 bits per heavy atom. The number of methoxy groups -OCH3 is 1. The van der Waals surface area contributed by atoms with Gasteiger partial charge in [0.2, 0.25) is 5.91 Å². The van der Waals surface area contributed by atoms with E-state index in [1.165, 1.54) is 25.3 Å². The van der Waals surface area contributed by atoms with Crippen LogP contribution >= 0.6 is 11.6 Å². The lowest BCUT2D eigenvalue weighted by Gasteiger charge is -2.13. The predicted octanol–water partition coefficient (Wildman–Crippen LogP) is 4.92. The second-order valence-electron chi connectivity index (χ2n) is 6.20. The van der Waals surface area contributed by atoms with Crippen molar-refractivity contribution in [2.45, 2.75) is 6.42 Å². The Bertz CT molecular complexity index is 1060. The van der Waals surface area contributed by atoms with Crippen molar-refractivity contribution in [2.75, 3.05) is 17.7 Å². The highest BCUT2D eigenvalue weighted by molar-refractivity contribution is 6.31. The maximum absolute atomic E-state index is 13.4. The molecular formula is C22H18ClFN2O3. The topological polar surface area (TPSA) is 67.4 Å². The van der Waals surface area contributed by atoms with Gasteiger partial charge in [0, 0.05) is 16.3 Å². The van der Waals surface area contributed by atoms with E-state index in [1.807, 2.05) is 6.07 Å². The Morgan fingerprint density at radius 1 is 1.00 bits per heavy atom. The van der Waals surface area contributed by atoms with E-state index in [0.717, 1.165) is 6.07 Å². The lowest BCUT2D eigenvalue weighted by Crippen LogP contribution is -2.16. The first-order valence-corrected chi connectivity index (χ1v) is 9.12. The van der Waals surface area contributed by atoms with Crippen LogP contribution in [0.15, 0.2) is 66.7 Å². The van der Waals surface area contributed by atoms with Gasteiger partial charge >= 0.3 is 0 Å². The van der Waals surface area contributed by atoms with Gasteiger partial charge in [-0.15, -0.1) is 0 Å². The van der Waals surface area contributed by atoms with Gasteiger partial charge < -0.3 is 15.4 Å². The van der Waals surface area contributed by atoms with Gasteiger partial charge in [-0.2, -0.15) is 0 Å². The molecule has 29 heavy (non-hydrogen) atoms. The minimum Gasteiger partial charge on any atom is -0.495 e. The van der Waals surface area contributed by atoms with E-state index in [1.54, 1.807) is 36.4 Å². The van der Waals surface area contributed by atoms with Gasteiger partial charge in [0.1, 0.15) is 11.6 Å². The van der Waals surface area contributed by atoms with E-state index in [0.29, 0.717) is 27.7 Å². The number of nitrogens with one attached hydrogen (secondary N) is 2. The molecule has 0 aromatic heterocycles. The molecule has 0 heterocycles. The van der Waals surface area contributed by atoms with Crippen LogP contribution in [0.4, 0.5) is 15.8 Å². The average molecular weight is 413 g/mol. The smallest absolute Gasteiger partial charge is 0.255 e. The third kappa shape index (κ3) is 5.33. The molecular weight excluding hydrogens is 395 g/mol. The normalized spacial score (nSPS) is 10.3. The average Bonchev–Trinajstić information content (AvgIpc) is 2.70. The number of hydrogen-bond donors (Lipinski definition) is 2. The summed E-state index contributed by atoms with van der Waals surface area (Å²) in [5.41, 5.74) is 1.69. The highest BCUT2D eigenvalue weighted by Crippen LogP contribution is 2.28. The molecule has 0 unspecified atom stereocenters. The Kier molecular flexibility index (Phi) is 6.46. The molecule has 7 heteroatoms. The molecule has 148 valence electrons. The number of carbonyl (C=O) groups is 2. The van der Waals surface area contributed by atoms with Crippen molar-refractivity contribution in [1.82, 2.24) is 0 Å². The van der Waals surface area contributed by atoms with Gasteiger partial charge in [-0.3, -0.25) is 9.59 Å². The van der Waals surface area contributed by atoms with Crippen LogP contribution in [0.3, 0.4) is 0 Å². The van der Waals surface area contributed by atoms with Crippen LogP contribution in [0.5, 0.6) is 5.75 Å². The van der Waals surface area contributed by atoms with Crippen molar-refractivity contribution in [3.63, 3.8) is 0 Å². The molecule has 0 spiro atoms. The molecule has 3 aromatic carbocycles. The summed E-state index contributed by atoms with van der Waals surface area (Å²) in [6.07, 6.45) is 0.108. The van der Waals surface area contributed by atoms with Crippen LogP contribution in [0, 0.1) is 5.82 Å². The molecule has 0 saturated carbocycles. The molecule has 0 aliphatic carbocycles. The zero-order chi connectivity index (χ0) is 20.8. The maximum Gasteiger partial charge on any atom is 0.255 e. The lowest BCUT2D eigenvalue weighted by atomic mass is 10.1. The molecule has 0 bridgehead atoms. The van der Waals surface area contributed by atoms with Crippen molar-refractivity contribution in [3.05, 3.63) is 88.7 Å². The number of amides is 2. The number of benzene rings is 3. The minimum absolute atomic E-state index is 0.108. The molecule has 2 N–H and O–H groups in total. The maximum atomic E-state index is 13.4.